The number of aromatic amines is 1. The molecule has 22 heavy (non-hydrogen) atoms. The van der Waals surface area contributed by atoms with E-state index >= 15 is 0 Å². The van der Waals surface area contributed by atoms with Crippen LogP contribution in [0.2, 0.25) is 0 Å². The number of aromatic nitrogens is 1. The van der Waals surface area contributed by atoms with Gasteiger partial charge in [0.2, 0.25) is 0 Å². The maximum Gasteiger partial charge on any atom is 0.321 e. The number of fused-ring (bicyclic) bond motifs is 1. The Kier molecular flexibility index (Phi) is 4.07. The molecule has 1 aromatic carbocycles. The Hall–Kier alpha value is -2.01. The summed E-state index contributed by atoms with van der Waals surface area (Å²) >= 11 is 0. The molecule has 5 nitrogen and oxygen atoms in total. The van der Waals surface area contributed by atoms with Crippen molar-refractivity contribution in [3.8, 4) is 0 Å². The smallest absolute Gasteiger partial charge is 0.321 e. The highest BCUT2D eigenvalue weighted by molar-refractivity contribution is 5.92. The Morgan fingerprint density at radius 1 is 1.32 bits per heavy atom. The number of urea groups is 1. The quantitative estimate of drug-likeness (QED) is 0.890. The largest absolute Gasteiger partial charge is 0.378 e. The normalized spacial score (nSPS) is 22.5. The van der Waals surface area contributed by atoms with Gasteiger partial charge in [0, 0.05) is 37.6 Å². The van der Waals surface area contributed by atoms with E-state index in [1.165, 1.54) is 0 Å². The number of anilines is 1. The number of ether oxygens (including phenoxy) is 1. The summed E-state index contributed by atoms with van der Waals surface area (Å²) in [5.41, 5.74) is 1.73. The third kappa shape index (κ3) is 3.09. The van der Waals surface area contributed by atoms with Crippen molar-refractivity contribution in [3.05, 3.63) is 30.5 Å². The molecule has 1 unspecified atom stereocenters. The van der Waals surface area contributed by atoms with Crippen LogP contribution in [0, 0.1) is 0 Å². The topological polar surface area (TPSA) is 57.4 Å². The fraction of sp³-hybridized carbons (Fsp3) is 0.471. The van der Waals surface area contributed by atoms with Crippen molar-refractivity contribution >= 4 is 22.6 Å². The Morgan fingerprint density at radius 3 is 3.00 bits per heavy atom. The van der Waals surface area contributed by atoms with Gasteiger partial charge in [-0.15, -0.1) is 0 Å². The second-order valence-corrected chi connectivity index (χ2v) is 6.20. The number of carbonyl (C=O) groups is 1. The van der Waals surface area contributed by atoms with Crippen molar-refractivity contribution in [3.63, 3.8) is 0 Å². The molecule has 118 valence electrons. The van der Waals surface area contributed by atoms with E-state index in [1.54, 1.807) is 7.11 Å². The summed E-state index contributed by atoms with van der Waals surface area (Å²) in [6.45, 7) is 3.62. The van der Waals surface area contributed by atoms with E-state index < -0.39 is 0 Å². The number of H-pyrrole nitrogens is 1. The number of amides is 2. The van der Waals surface area contributed by atoms with Crippen LogP contribution in [-0.4, -0.2) is 41.7 Å². The number of methoxy groups -OCH3 is 1. The first-order valence-corrected chi connectivity index (χ1v) is 7.78. The highest BCUT2D eigenvalue weighted by atomic mass is 16.5. The zero-order chi connectivity index (χ0) is 15.6. The number of hydrogen-bond acceptors (Lipinski definition) is 2. The maximum atomic E-state index is 12.5. The molecular formula is C17H23N3O2. The molecule has 1 aromatic heterocycles. The summed E-state index contributed by atoms with van der Waals surface area (Å²) in [4.78, 5) is 17.5. The lowest BCUT2D eigenvalue weighted by Crippen LogP contribution is -2.37. The summed E-state index contributed by atoms with van der Waals surface area (Å²) in [5, 5.41) is 4.14. The van der Waals surface area contributed by atoms with Crippen molar-refractivity contribution in [2.75, 3.05) is 25.5 Å². The van der Waals surface area contributed by atoms with Crippen LogP contribution in [0.25, 0.3) is 10.9 Å². The minimum atomic E-state index is -0.113. The van der Waals surface area contributed by atoms with Gasteiger partial charge in [-0.05, 0) is 49.8 Å². The molecule has 2 N–H and O–H groups in total. The molecule has 1 aliphatic rings. The van der Waals surface area contributed by atoms with Gasteiger partial charge >= 0.3 is 6.03 Å². The molecule has 1 aliphatic heterocycles. The second-order valence-electron chi connectivity index (χ2n) is 6.20. The average Bonchev–Trinajstić information content (AvgIpc) is 2.88. The van der Waals surface area contributed by atoms with Gasteiger partial charge in [0.15, 0.2) is 0 Å². The molecule has 1 atom stereocenters. The SMILES string of the molecule is COC1(C)CCCN(C(=O)Nc2ccc3cc[nH]c3c2)CC1. The average molecular weight is 301 g/mol. The Morgan fingerprint density at radius 2 is 2.18 bits per heavy atom. The van der Waals surface area contributed by atoms with Crippen molar-refractivity contribution in [2.45, 2.75) is 31.8 Å². The zero-order valence-electron chi connectivity index (χ0n) is 13.2. The summed E-state index contributed by atoms with van der Waals surface area (Å²) in [7, 11) is 1.75. The number of rotatable bonds is 2. The van der Waals surface area contributed by atoms with Gasteiger partial charge in [-0.25, -0.2) is 4.79 Å². The fourth-order valence-electron chi connectivity index (χ4n) is 2.99. The minimum absolute atomic E-state index is 0.0359. The van der Waals surface area contributed by atoms with Crippen molar-refractivity contribution in [2.24, 2.45) is 0 Å². The van der Waals surface area contributed by atoms with E-state index in [0.29, 0.717) is 0 Å². The van der Waals surface area contributed by atoms with Crippen molar-refractivity contribution in [1.82, 2.24) is 9.88 Å². The number of benzene rings is 1. The van der Waals surface area contributed by atoms with Gasteiger partial charge < -0.3 is 19.9 Å². The van der Waals surface area contributed by atoms with Crippen LogP contribution in [-0.2, 0) is 4.74 Å². The van der Waals surface area contributed by atoms with Gasteiger partial charge in [-0.1, -0.05) is 6.07 Å². The predicted molar refractivity (Wildman–Crippen MR) is 88.2 cm³/mol. The van der Waals surface area contributed by atoms with Gasteiger partial charge in [-0.3, -0.25) is 0 Å². The second kappa shape index (κ2) is 6.01. The molecule has 0 saturated carbocycles. The summed E-state index contributed by atoms with van der Waals surface area (Å²) in [6, 6.07) is 7.88. The standard InChI is InChI=1S/C17H23N3O2/c1-17(22-2)7-3-10-20(11-8-17)16(21)19-14-5-4-13-6-9-18-15(13)12-14/h4-6,9,12,18H,3,7-8,10-11H2,1-2H3,(H,19,21). The van der Waals surface area contributed by atoms with Crippen LogP contribution in [0.5, 0.6) is 0 Å². The van der Waals surface area contributed by atoms with Crippen LogP contribution >= 0.6 is 0 Å². The number of nitrogens with zero attached hydrogens (tertiary/aromatic N) is 1. The maximum absolute atomic E-state index is 12.5. The minimum Gasteiger partial charge on any atom is -0.378 e. The van der Waals surface area contributed by atoms with E-state index in [1.807, 2.05) is 35.4 Å². The number of nitrogens with one attached hydrogen (secondary N) is 2. The monoisotopic (exact) mass is 301 g/mol. The van der Waals surface area contributed by atoms with E-state index in [4.69, 9.17) is 4.74 Å². The van der Waals surface area contributed by atoms with Crippen LogP contribution in [0.4, 0.5) is 10.5 Å². The summed E-state index contributed by atoms with van der Waals surface area (Å²) in [6.07, 6.45) is 4.72. The number of carbonyl (C=O) groups excluding carboxylic acids is 1. The third-order valence-corrected chi connectivity index (χ3v) is 4.63. The lowest BCUT2D eigenvalue weighted by molar-refractivity contribution is -0.00491. The molecule has 0 bridgehead atoms. The highest BCUT2D eigenvalue weighted by Gasteiger charge is 2.29. The lowest BCUT2D eigenvalue weighted by Gasteiger charge is -2.26. The van der Waals surface area contributed by atoms with Gasteiger partial charge in [0.1, 0.15) is 0 Å². The van der Waals surface area contributed by atoms with Crippen LogP contribution in [0.3, 0.4) is 0 Å². The molecule has 1 fully saturated rings. The number of likely N-dealkylation sites (tertiary alicyclic amines) is 1. The van der Waals surface area contributed by atoms with Crippen LogP contribution in [0.1, 0.15) is 26.2 Å². The first kappa shape index (κ1) is 14.9. The molecule has 2 heterocycles. The molecule has 3 rings (SSSR count). The van der Waals surface area contributed by atoms with Crippen molar-refractivity contribution in [1.29, 1.82) is 0 Å². The van der Waals surface area contributed by atoms with Gasteiger partial charge in [0.05, 0.1) is 5.60 Å². The lowest BCUT2D eigenvalue weighted by atomic mass is 9.97. The first-order chi connectivity index (χ1) is 10.6. The number of hydrogen-bond donors (Lipinski definition) is 2. The Labute approximate surface area is 130 Å². The predicted octanol–water partition coefficient (Wildman–Crippen LogP) is 3.59. The molecule has 2 aromatic rings. The van der Waals surface area contributed by atoms with E-state index in [2.05, 4.69) is 17.2 Å². The molecule has 2 amide bonds. The fourth-order valence-corrected chi connectivity index (χ4v) is 2.99. The third-order valence-electron chi connectivity index (χ3n) is 4.63. The highest BCUT2D eigenvalue weighted by Crippen LogP contribution is 2.25. The summed E-state index contributed by atoms with van der Waals surface area (Å²) < 4.78 is 5.58. The molecule has 5 heteroatoms. The zero-order valence-corrected chi connectivity index (χ0v) is 13.2. The van der Waals surface area contributed by atoms with Crippen molar-refractivity contribution < 1.29 is 9.53 Å². The Bertz CT molecular complexity index is 667. The Balaban J connectivity index is 1.66. The molecule has 0 radical (unpaired) electrons. The van der Waals surface area contributed by atoms with Gasteiger partial charge in [-0.2, -0.15) is 0 Å². The van der Waals surface area contributed by atoms with E-state index in [9.17, 15) is 4.79 Å². The molecule has 0 spiro atoms. The first-order valence-electron chi connectivity index (χ1n) is 7.78. The van der Waals surface area contributed by atoms with Crippen LogP contribution in [0.15, 0.2) is 30.5 Å². The van der Waals surface area contributed by atoms with Crippen LogP contribution < -0.4 is 5.32 Å². The van der Waals surface area contributed by atoms with Gasteiger partial charge in [0.25, 0.3) is 0 Å². The van der Waals surface area contributed by atoms with E-state index in [0.717, 1.165) is 48.9 Å². The summed E-state index contributed by atoms with van der Waals surface area (Å²) in [5.74, 6) is 0. The molecular weight excluding hydrogens is 278 g/mol. The molecule has 1 saturated heterocycles. The molecule has 0 aliphatic carbocycles. The van der Waals surface area contributed by atoms with E-state index in [-0.39, 0.29) is 11.6 Å².